The fraction of sp³-hybridized carbons (Fsp3) is 0.385. The standard InChI is InChI=1S/C13H18FN3O3/c1-2-3-4-17(7-12(16)18)11-6-9(14)8(13(19)20)5-10(11)15/h5-6H,2-4,7,15H2,1H3,(H2,16,18)(H,19,20). The molecule has 1 aromatic carbocycles. The summed E-state index contributed by atoms with van der Waals surface area (Å²) in [6.07, 6.45) is 1.65. The molecule has 0 aromatic heterocycles. The van der Waals surface area contributed by atoms with E-state index in [1.165, 1.54) is 0 Å². The fourth-order valence-corrected chi connectivity index (χ4v) is 1.84. The van der Waals surface area contributed by atoms with Crippen molar-refractivity contribution in [3.05, 3.63) is 23.5 Å². The van der Waals surface area contributed by atoms with Gasteiger partial charge < -0.3 is 21.5 Å². The number of carbonyl (C=O) groups is 2. The number of nitrogens with zero attached hydrogens (tertiary/aromatic N) is 1. The molecule has 0 radical (unpaired) electrons. The third-order valence-electron chi connectivity index (χ3n) is 2.82. The summed E-state index contributed by atoms with van der Waals surface area (Å²) in [5, 5.41) is 8.82. The van der Waals surface area contributed by atoms with E-state index in [2.05, 4.69) is 0 Å². The first-order chi connectivity index (χ1) is 9.36. The molecule has 1 rings (SSSR count). The zero-order valence-electron chi connectivity index (χ0n) is 11.2. The lowest BCUT2D eigenvalue weighted by atomic mass is 10.1. The van der Waals surface area contributed by atoms with Crippen LogP contribution in [0.3, 0.4) is 0 Å². The van der Waals surface area contributed by atoms with Crippen LogP contribution in [0.1, 0.15) is 30.1 Å². The highest BCUT2D eigenvalue weighted by atomic mass is 19.1. The minimum absolute atomic E-state index is 0.0983. The van der Waals surface area contributed by atoms with Gasteiger partial charge in [0.1, 0.15) is 5.82 Å². The molecule has 0 unspecified atom stereocenters. The summed E-state index contributed by atoms with van der Waals surface area (Å²) in [7, 11) is 0. The Labute approximate surface area is 116 Å². The molecule has 7 heteroatoms. The number of aromatic carboxylic acids is 1. The van der Waals surface area contributed by atoms with Crippen LogP contribution in [0.15, 0.2) is 12.1 Å². The molecule has 20 heavy (non-hydrogen) atoms. The molecule has 0 fully saturated rings. The van der Waals surface area contributed by atoms with Crippen molar-refractivity contribution in [3.63, 3.8) is 0 Å². The van der Waals surface area contributed by atoms with Crippen LogP contribution in [-0.2, 0) is 4.79 Å². The molecule has 0 aliphatic rings. The third kappa shape index (κ3) is 3.84. The maximum Gasteiger partial charge on any atom is 0.338 e. The Morgan fingerprint density at radius 3 is 2.55 bits per heavy atom. The van der Waals surface area contributed by atoms with E-state index in [0.29, 0.717) is 6.54 Å². The first-order valence-corrected chi connectivity index (χ1v) is 6.22. The summed E-state index contributed by atoms with van der Waals surface area (Å²) in [5.74, 6) is -2.85. The van der Waals surface area contributed by atoms with Crippen LogP contribution in [0.25, 0.3) is 0 Å². The molecule has 0 atom stereocenters. The van der Waals surface area contributed by atoms with Gasteiger partial charge in [-0.3, -0.25) is 4.79 Å². The normalized spacial score (nSPS) is 10.3. The van der Waals surface area contributed by atoms with Gasteiger partial charge in [0.25, 0.3) is 0 Å². The molecule has 0 saturated carbocycles. The van der Waals surface area contributed by atoms with Crippen molar-refractivity contribution in [2.45, 2.75) is 19.8 Å². The number of nitrogens with two attached hydrogens (primary N) is 2. The molecule has 0 saturated heterocycles. The van der Waals surface area contributed by atoms with Crippen molar-refractivity contribution in [2.24, 2.45) is 5.73 Å². The van der Waals surface area contributed by atoms with E-state index in [1.54, 1.807) is 4.90 Å². The molecule has 0 spiro atoms. The van der Waals surface area contributed by atoms with Gasteiger partial charge in [-0.2, -0.15) is 0 Å². The Morgan fingerprint density at radius 2 is 2.05 bits per heavy atom. The summed E-state index contributed by atoms with van der Waals surface area (Å²) in [5.41, 5.74) is 10.8. The largest absolute Gasteiger partial charge is 0.478 e. The number of amides is 1. The Kier molecular flexibility index (Phi) is 5.31. The van der Waals surface area contributed by atoms with E-state index >= 15 is 0 Å². The van der Waals surface area contributed by atoms with Gasteiger partial charge in [-0.1, -0.05) is 13.3 Å². The molecule has 110 valence electrons. The average Bonchev–Trinajstić information content (AvgIpc) is 2.36. The predicted molar refractivity (Wildman–Crippen MR) is 74.1 cm³/mol. The number of carboxylic acid groups (broad SMARTS) is 1. The van der Waals surface area contributed by atoms with E-state index < -0.39 is 23.3 Å². The van der Waals surface area contributed by atoms with E-state index in [-0.39, 0.29) is 17.9 Å². The first-order valence-electron chi connectivity index (χ1n) is 6.22. The summed E-state index contributed by atoms with van der Waals surface area (Å²) >= 11 is 0. The number of hydrogen-bond acceptors (Lipinski definition) is 4. The zero-order chi connectivity index (χ0) is 15.3. The quantitative estimate of drug-likeness (QED) is 0.651. The monoisotopic (exact) mass is 283 g/mol. The van der Waals surface area contributed by atoms with Gasteiger partial charge in [0.2, 0.25) is 5.91 Å². The topological polar surface area (TPSA) is 110 Å². The lowest BCUT2D eigenvalue weighted by Crippen LogP contribution is -2.35. The first kappa shape index (κ1) is 15.7. The van der Waals surface area contributed by atoms with Gasteiger partial charge in [0, 0.05) is 12.6 Å². The Hall–Kier alpha value is -2.31. The second kappa shape index (κ2) is 6.74. The van der Waals surface area contributed by atoms with Gasteiger partial charge in [0.05, 0.1) is 23.5 Å². The van der Waals surface area contributed by atoms with Crippen molar-refractivity contribution in [3.8, 4) is 0 Å². The third-order valence-corrected chi connectivity index (χ3v) is 2.82. The summed E-state index contributed by atoms with van der Waals surface area (Å²) < 4.78 is 13.7. The predicted octanol–water partition coefficient (Wildman–Crippen LogP) is 1.20. The fourth-order valence-electron chi connectivity index (χ4n) is 1.84. The summed E-state index contributed by atoms with van der Waals surface area (Å²) in [6, 6.07) is 2.07. The molecule has 0 bridgehead atoms. The highest BCUT2D eigenvalue weighted by Gasteiger charge is 2.18. The van der Waals surface area contributed by atoms with Gasteiger partial charge in [-0.25, -0.2) is 9.18 Å². The van der Waals surface area contributed by atoms with Crippen LogP contribution in [0.4, 0.5) is 15.8 Å². The van der Waals surface area contributed by atoms with Gasteiger partial charge in [-0.15, -0.1) is 0 Å². The maximum atomic E-state index is 13.7. The maximum absolute atomic E-state index is 13.7. The van der Waals surface area contributed by atoms with Gasteiger partial charge in [0.15, 0.2) is 0 Å². The highest BCUT2D eigenvalue weighted by molar-refractivity contribution is 5.91. The number of carboxylic acids is 1. The second-order valence-electron chi connectivity index (χ2n) is 4.44. The Morgan fingerprint density at radius 1 is 1.40 bits per heavy atom. The number of nitrogen functional groups attached to an aromatic ring is 1. The number of rotatable bonds is 7. The molecule has 5 N–H and O–H groups in total. The van der Waals surface area contributed by atoms with Crippen molar-refractivity contribution in [1.29, 1.82) is 0 Å². The molecule has 0 aliphatic carbocycles. The van der Waals surface area contributed by atoms with Gasteiger partial charge in [-0.05, 0) is 12.5 Å². The van der Waals surface area contributed by atoms with Crippen molar-refractivity contribution in [2.75, 3.05) is 23.7 Å². The summed E-state index contributed by atoms with van der Waals surface area (Å²) in [4.78, 5) is 23.4. The Balaban J connectivity index is 3.15. The minimum atomic E-state index is -1.39. The SMILES string of the molecule is CCCCN(CC(N)=O)c1cc(F)c(C(=O)O)cc1N. The van der Waals surface area contributed by atoms with Crippen LogP contribution in [0.5, 0.6) is 0 Å². The summed E-state index contributed by atoms with van der Waals surface area (Å²) in [6.45, 7) is 2.35. The highest BCUT2D eigenvalue weighted by Crippen LogP contribution is 2.27. The number of halogens is 1. The van der Waals surface area contributed by atoms with Crippen LogP contribution in [0, 0.1) is 5.82 Å². The lowest BCUT2D eigenvalue weighted by Gasteiger charge is -2.25. The molecular weight excluding hydrogens is 265 g/mol. The van der Waals surface area contributed by atoms with E-state index in [9.17, 15) is 14.0 Å². The number of anilines is 2. The second-order valence-corrected chi connectivity index (χ2v) is 4.44. The molecular formula is C13H18FN3O3. The number of benzene rings is 1. The number of primary amides is 1. The average molecular weight is 283 g/mol. The van der Waals surface area contributed by atoms with Crippen LogP contribution in [0.2, 0.25) is 0 Å². The van der Waals surface area contributed by atoms with Crippen molar-refractivity contribution < 1.29 is 19.1 Å². The minimum Gasteiger partial charge on any atom is -0.478 e. The number of unbranched alkanes of at least 4 members (excludes halogenated alkanes) is 1. The van der Waals surface area contributed by atoms with Crippen molar-refractivity contribution >= 4 is 23.3 Å². The molecule has 6 nitrogen and oxygen atoms in total. The smallest absolute Gasteiger partial charge is 0.338 e. The molecule has 0 aliphatic heterocycles. The number of carbonyl (C=O) groups excluding carboxylic acids is 1. The van der Waals surface area contributed by atoms with Crippen LogP contribution in [-0.4, -0.2) is 30.1 Å². The molecule has 1 amide bonds. The molecule has 1 aromatic rings. The van der Waals surface area contributed by atoms with E-state index in [0.717, 1.165) is 25.0 Å². The van der Waals surface area contributed by atoms with Crippen LogP contribution >= 0.6 is 0 Å². The van der Waals surface area contributed by atoms with E-state index in [1.807, 2.05) is 6.92 Å². The van der Waals surface area contributed by atoms with E-state index in [4.69, 9.17) is 16.6 Å². The van der Waals surface area contributed by atoms with Crippen molar-refractivity contribution in [1.82, 2.24) is 0 Å². The lowest BCUT2D eigenvalue weighted by molar-refractivity contribution is -0.116. The number of hydrogen-bond donors (Lipinski definition) is 3. The van der Waals surface area contributed by atoms with Gasteiger partial charge >= 0.3 is 5.97 Å². The van der Waals surface area contributed by atoms with Crippen LogP contribution < -0.4 is 16.4 Å². The zero-order valence-corrected chi connectivity index (χ0v) is 11.2. The molecule has 0 heterocycles. The Bertz CT molecular complexity index is 520.